The Morgan fingerprint density at radius 2 is 1.70 bits per heavy atom. The first-order chi connectivity index (χ1) is 11.2. The molecule has 23 heavy (non-hydrogen) atoms. The van der Waals surface area contributed by atoms with E-state index >= 15 is 0 Å². The number of hydrogen-bond donors (Lipinski definition) is 2. The van der Waals surface area contributed by atoms with Crippen LogP contribution in [0.5, 0.6) is 0 Å². The molecule has 2 aromatic rings. The van der Waals surface area contributed by atoms with E-state index in [-0.39, 0.29) is 18.2 Å². The molecule has 0 radical (unpaired) electrons. The summed E-state index contributed by atoms with van der Waals surface area (Å²) in [5.74, 6) is -0.438. The van der Waals surface area contributed by atoms with E-state index in [1.54, 1.807) is 18.2 Å². The summed E-state index contributed by atoms with van der Waals surface area (Å²) in [7, 11) is 0. The molecule has 2 N–H and O–H groups in total. The molecule has 6 heteroatoms. The van der Waals surface area contributed by atoms with Crippen molar-refractivity contribution in [1.29, 1.82) is 5.26 Å². The minimum Gasteiger partial charge on any atom is -0.355 e. The molecule has 0 aliphatic rings. The van der Waals surface area contributed by atoms with Crippen molar-refractivity contribution in [2.75, 3.05) is 13.1 Å². The first-order valence-electron chi connectivity index (χ1n) is 7.36. The molecule has 0 saturated heterocycles. The normalized spacial score (nSPS) is 9.87. The Hall–Kier alpha value is -3.07. The molecule has 6 nitrogen and oxygen atoms in total. The van der Waals surface area contributed by atoms with Gasteiger partial charge in [0, 0.05) is 36.7 Å². The summed E-state index contributed by atoms with van der Waals surface area (Å²) in [4.78, 5) is 23.1. The molecule has 0 atom stereocenters. The van der Waals surface area contributed by atoms with E-state index in [0.717, 1.165) is 5.69 Å². The molecule has 1 aromatic carbocycles. The van der Waals surface area contributed by atoms with E-state index in [1.807, 2.05) is 41.2 Å². The molecule has 1 aromatic heterocycles. The van der Waals surface area contributed by atoms with Gasteiger partial charge in [-0.25, -0.2) is 0 Å². The quantitative estimate of drug-likeness (QED) is 0.762. The SMILES string of the molecule is N#CCC(=O)NCCCNC(=O)c1ccc(-n2cccc2)cc1. The van der Waals surface area contributed by atoms with Crippen LogP contribution in [0.4, 0.5) is 0 Å². The number of amides is 2. The number of hydrogen-bond acceptors (Lipinski definition) is 3. The van der Waals surface area contributed by atoms with Crippen molar-refractivity contribution >= 4 is 11.8 Å². The number of nitriles is 1. The molecule has 0 bridgehead atoms. The van der Waals surface area contributed by atoms with Crippen molar-refractivity contribution in [2.45, 2.75) is 12.8 Å². The monoisotopic (exact) mass is 310 g/mol. The highest BCUT2D eigenvalue weighted by Crippen LogP contribution is 2.09. The second-order valence-corrected chi connectivity index (χ2v) is 4.93. The van der Waals surface area contributed by atoms with Crippen LogP contribution in [-0.4, -0.2) is 29.5 Å². The molecule has 1 heterocycles. The summed E-state index contributed by atoms with van der Waals surface area (Å²) in [5.41, 5.74) is 1.58. The summed E-state index contributed by atoms with van der Waals surface area (Å²) in [6.07, 6.45) is 4.36. The van der Waals surface area contributed by atoms with Crippen molar-refractivity contribution in [3.8, 4) is 11.8 Å². The first-order valence-corrected chi connectivity index (χ1v) is 7.36. The van der Waals surface area contributed by atoms with Gasteiger partial charge in [-0.1, -0.05) is 0 Å². The van der Waals surface area contributed by atoms with E-state index in [2.05, 4.69) is 10.6 Å². The molecule has 0 aliphatic heterocycles. The van der Waals surface area contributed by atoms with Gasteiger partial charge in [-0.2, -0.15) is 5.26 Å². The lowest BCUT2D eigenvalue weighted by Gasteiger charge is -2.07. The summed E-state index contributed by atoms with van der Waals surface area (Å²) in [6.45, 7) is 0.901. The maximum absolute atomic E-state index is 12.0. The molecule has 118 valence electrons. The topological polar surface area (TPSA) is 86.9 Å². The highest BCUT2D eigenvalue weighted by atomic mass is 16.2. The summed E-state index contributed by atoms with van der Waals surface area (Å²) in [6, 6.07) is 13.0. The van der Waals surface area contributed by atoms with Gasteiger partial charge < -0.3 is 15.2 Å². The Kier molecular flexibility index (Phi) is 5.95. The molecular formula is C17H18N4O2. The van der Waals surface area contributed by atoms with Crippen LogP contribution in [0.3, 0.4) is 0 Å². The van der Waals surface area contributed by atoms with Gasteiger partial charge in [-0.3, -0.25) is 9.59 Å². The third-order valence-electron chi connectivity index (χ3n) is 3.23. The van der Waals surface area contributed by atoms with Crippen LogP contribution >= 0.6 is 0 Å². The highest BCUT2D eigenvalue weighted by Gasteiger charge is 2.05. The van der Waals surface area contributed by atoms with Gasteiger partial charge in [-0.15, -0.1) is 0 Å². The zero-order chi connectivity index (χ0) is 16.5. The van der Waals surface area contributed by atoms with Gasteiger partial charge >= 0.3 is 0 Å². The van der Waals surface area contributed by atoms with E-state index < -0.39 is 0 Å². The van der Waals surface area contributed by atoms with Gasteiger partial charge in [0.15, 0.2) is 0 Å². The fourth-order valence-corrected chi connectivity index (χ4v) is 2.05. The minimum absolute atomic E-state index is 0.139. The largest absolute Gasteiger partial charge is 0.355 e. The maximum atomic E-state index is 12.0. The summed E-state index contributed by atoms with van der Waals surface area (Å²) >= 11 is 0. The number of rotatable bonds is 7. The molecule has 0 spiro atoms. The molecular weight excluding hydrogens is 292 g/mol. The van der Waals surface area contributed by atoms with Crippen LogP contribution in [0.15, 0.2) is 48.8 Å². The zero-order valence-corrected chi connectivity index (χ0v) is 12.7. The van der Waals surface area contributed by atoms with Crippen LogP contribution in [0, 0.1) is 11.3 Å². The highest BCUT2D eigenvalue weighted by molar-refractivity contribution is 5.94. The van der Waals surface area contributed by atoms with Crippen molar-refractivity contribution < 1.29 is 9.59 Å². The second-order valence-electron chi connectivity index (χ2n) is 4.93. The van der Waals surface area contributed by atoms with E-state index in [4.69, 9.17) is 5.26 Å². The van der Waals surface area contributed by atoms with Crippen LogP contribution in [-0.2, 0) is 4.79 Å². The number of nitrogens with one attached hydrogen (secondary N) is 2. The van der Waals surface area contributed by atoms with Crippen molar-refractivity contribution in [3.63, 3.8) is 0 Å². The number of nitrogens with zero attached hydrogens (tertiary/aromatic N) is 2. The zero-order valence-electron chi connectivity index (χ0n) is 12.7. The lowest BCUT2D eigenvalue weighted by molar-refractivity contribution is -0.120. The molecule has 0 fully saturated rings. The Morgan fingerprint density at radius 3 is 2.35 bits per heavy atom. The molecule has 0 aliphatic carbocycles. The number of carbonyl (C=O) groups excluding carboxylic acids is 2. The molecule has 2 rings (SSSR count). The van der Waals surface area contributed by atoms with E-state index in [1.165, 1.54) is 0 Å². The number of benzene rings is 1. The second kappa shape index (κ2) is 8.39. The smallest absolute Gasteiger partial charge is 0.251 e. The molecule has 0 unspecified atom stereocenters. The fraction of sp³-hybridized carbons (Fsp3) is 0.235. The van der Waals surface area contributed by atoms with Crippen LogP contribution in [0.25, 0.3) is 5.69 Å². The van der Waals surface area contributed by atoms with Gasteiger partial charge in [0.05, 0.1) is 6.07 Å². The molecule has 0 saturated carbocycles. The third-order valence-corrected chi connectivity index (χ3v) is 3.23. The first kappa shape index (κ1) is 16.3. The Morgan fingerprint density at radius 1 is 1.04 bits per heavy atom. The predicted molar refractivity (Wildman–Crippen MR) is 86.0 cm³/mol. The van der Waals surface area contributed by atoms with Crippen LogP contribution < -0.4 is 10.6 Å². The standard InChI is InChI=1S/C17H18N4O2/c18-9-8-16(22)19-10-3-11-20-17(23)14-4-6-15(7-5-14)21-12-1-2-13-21/h1-2,4-7,12-13H,3,8,10-11H2,(H,19,22)(H,20,23). The van der Waals surface area contributed by atoms with Gasteiger partial charge in [0.25, 0.3) is 5.91 Å². The maximum Gasteiger partial charge on any atom is 0.251 e. The Labute approximate surface area is 134 Å². The number of aromatic nitrogens is 1. The minimum atomic E-state index is -0.292. The average molecular weight is 310 g/mol. The van der Waals surface area contributed by atoms with Gasteiger partial charge in [-0.05, 0) is 42.8 Å². The Balaban J connectivity index is 1.74. The Bertz CT molecular complexity index is 684. The summed E-state index contributed by atoms with van der Waals surface area (Å²) < 4.78 is 1.96. The van der Waals surface area contributed by atoms with E-state index in [9.17, 15) is 9.59 Å². The summed E-state index contributed by atoms with van der Waals surface area (Å²) in [5, 5.41) is 13.8. The van der Waals surface area contributed by atoms with Gasteiger partial charge in [0.2, 0.25) is 5.91 Å². The molecule has 2 amide bonds. The average Bonchev–Trinajstić information content (AvgIpc) is 3.09. The third kappa shape index (κ3) is 5.00. The van der Waals surface area contributed by atoms with Crippen LogP contribution in [0.2, 0.25) is 0 Å². The predicted octanol–water partition coefficient (Wildman–Crippen LogP) is 1.63. The van der Waals surface area contributed by atoms with Gasteiger partial charge in [0.1, 0.15) is 6.42 Å². The van der Waals surface area contributed by atoms with E-state index in [0.29, 0.717) is 25.1 Å². The van der Waals surface area contributed by atoms with Crippen molar-refractivity contribution in [2.24, 2.45) is 0 Å². The van der Waals surface area contributed by atoms with Crippen molar-refractivity contribution in [3.05, 3.63) is 54.4 Å². The van der Waals surface area contributed by atoms with Crippen molar-refractivity contribution in [1.82, 2.24) is 15.2 Å². The van der Waals surface area contributed by atoms with Crippen LogP contribution in [0.1, 0.15) is 23.2 Å². The lowest BCUT2D eigenvalue weighted by Crippen LogP contribution is -2.29. The number of carbonyl (C=O) groups is 2. The fourth-order valence-electron chi connectivity index (χ4n) is 2.05. The lowest BCUT2D eigenvalue weighted by atomic mass is 10.2.